The molecule has 0 saturated carbocycles. The van der Waals surface area contributed by atoms with Crippen molar-refractivity contribution in [2.24, 2.45) is 0 Å². The summed E-state index contributed by atoms with van der Waals surface area (Å²) in [6.07, 6.45) is 3.13. The number of aromatic carboxylic acids is 1. The molecule has 0 spiro atoms. The lowest BCUT2D eigenvalue weighted by atomic mass is 10.1. The van der Waals surface area contributed by atoms with E-state index in [2.05, 4.69) is 0 Å². The summed E-state index contributed by atoms with van der Waals surface area (Å²) in [7, 11) is 0. The zero-order valence-corrected chi connectivity index (χ0v) is 12.1. The Morgan fingerprint density at radius 3 is 2.23 bits per heavy atom. The van der Waals surface area contributed by atoms with Crippen LogP contribution in [0.25, 0.3) is 6.08 Å². The molecule has 0 heterocycles. The molecule has 4 nitrogen and oxygen atoms in total. The van der Waals surface area contributed by atoms with E-state index in [1.165, 1.54) is 12.1 Å². The van der Waals surface area contributed by atoms with E-state index in [0.717, 1.165) is 5.56 Å². The molecule has 0 fully saturated rings. The molecule has 0 saturated heterocycles. The number of ether oxygens (including phenoxy) is 1. The van der Waals surface area contributed by atoms with Gasteiger partial charge in [0.2, 0.25) is 0 Å². The van der Waals surface area contributed by atoms with Crippen molar-refractivity contribution in [3.05, 3.63) is 77.4 Å². The molecule has 0 aliphatic rings. The third-order valence-corrected chi connectivity index (χ3v) is 3.03. The van der Waals surface area contributed by atoms with Crippen molar-refractivity contribution in [2.75, 3.05) is 0 Å². The lowest BCUT2D eigenvalue weighted by Crippen LogP contribution is -2.16. The molecule has 0 unspecified atom stereocenters. The molecular formula is C18H16O4. The summed E-state index contributed by atoms with van der Waals surface area (Å²) in [5, 5.41) is 9.08. The minimum absolute atomic E-state index is 0.0509. The van der Waals surface area contributed by atoms with E-state index >= 15 is 0 Å². The van der Waals surface area contributed by atoms with Crippen LogP contribution in [-0.4, -0.2) is 23.1 Å². The van der Waals surface area contributed by atoms with Gasteiger partial charge >= 0.3 is 11.9 Å². The third kappa shape index (κ3) is 4.06. The zero-order valence-electron chi connectivity index (χ0n) is 12.1. The van der Waals surface area contributed by atoms with E-state index < -0.39 is 18.0 Å². The van der Waals surface area contributed by atoms with E-state index in [1.807, 2.05) is 36.4 Å². The van der Waals surface area contributed by atoms with Gasteiger partial charge in [-0.25, -0.2) is 9.59 Å². The SMILES string of the molecule is C[C@@H](/C=C/c1ccccc1)OC(=O)c1ccccc1C(=O)O. The van der Waals surface area contributed by atoms with Crippen molar-refractivity contribution in [2.45, 2.75) is 13.0 Å². The van der Waals surface area contributed by atoms with Crippen LogP contribution >= 0.6 is 0 Å². The summed E-state index contributed by atoms with van der Waals surface area (Å²) < 4.78 is 5.26. The van der Waals surface area contributed by atoms with Crippen LogP contribution in [-0.2, 0) is 4.74 Å². The largest absolute Gasteiger partial charge is 0.478 e. The fourth-order valence-electron chi connectivity index (χ4n) is 1.93. The van der Waals surface area contributed by atoms with Crippen molar-refractivity contribution in [3.63, 3.8) is 0 Å². The first-order valence-electron chi connectivity index (χ1n) is 6.84. The first kappa shape index (κ1) is 15.5. The molecule has 4 heteroatoms. The average molecular weight is 296 g/mol. The number of rotatable bonds is 5. The topological polar surface area (TPSA) is 63.6 Å². The molecule has 0 radical (unpaired) electrons. The number of carbonyl (C=O) groups is 2. The van der Waals surface area contributed by atoms with Crippen molar-refractivity contribution in [3.8, 4) is 0 Å². The molecule has 2 aromatic carbocycles. The Hall–Kier alpha value is -2.88. The average Bonchev–Trinajstić information content (AvgIpc) is 2.54. The second-order valence-electron chi connectivity index (χ2n) is 4.73. The minimum atomic E-state index is -1.15. The predicted octanol–water partition coefficient (Wildman–Crippen LogP) is 3.64. The van der Waals surface area contributed by atoms with Gasteiger partial charge in [-0.2, -0.15) is 0 Å². The van der Waals surface area contributed by atoms with Crippen molar-refractivity contribution in [1.29, 1.82) is 0 Å². The molecule has 1 N–H and O–H groups in total. The van der Waals surface area contributed by atoms with E-state index in [9.17, 15) is 9.59 Å². The molecular weight excluding hydrogens is 280 g/mol. The second kappa shape index (κ2) is 7.22. The summed E-state index contributed by atoms with van der Waals surface area (Å²) in [6, 6.07) is 15.6. The summed E-state index contributed by atoms with van der Waals surface area (Å²) in [5.74, 6) is -1.80. The molecule has 2 rings (SSSR count). The highest BCUT2D eigenvalue weighted by Crippen LogP contribution is 2.12. The van der Waals surface area contributed by atoms with E-state index in [4.69, 9.17) is 9.84 Å². The lowest BCUT2D eigenvalue weighted by Gasteiger charge is -2.10. The number of esters is 1. The van der Waals surface area contributed by atoms with Gasteiger partial charge in [0, 0.05) is 0 Å². The fourth-order valence-corrected chi connectivity index (χ4v) is 1.93. The quantitative estimate of drug-likeness (QED) is 0.855. The van der Waals surface area contributed by atoms with Crippen molar-refractivity contribution >= 4 is 18.0 Å². The number of hydrogen-bond acceptors (Lipinski definition) is 3. The zero-order chi connectivity index (χ0) is 15.9. The maximum atomic E-state index is 12.1. The van der Waals surface area contributed by atoms with Crippen LogP contribution in [0.5, 0.6) is 0 Å². The molecule has 22 heavy (non-hydrogen) atoms. The smallest absolute Gasteiger partial charge is 0.339 e. The van der Waals surface area contributed by atoms with Gasteiger partial charge in [0.1, 0.15) is 6.10 Å². The highest BCUT2D eigenvalue weighted by atomic mass is 16.5. The minimum Gasteiger partial charge on any atom is -0.478 e. The van der Waals surface area contributed by atoms with E-state index in [1.54, 1.807) is 25.1 Å². The van der Waals surface area contributed by atoms with Crippen LogP contribution < -0.4 is 0 Å². The number of carboxylic acids is 1. The Morgan fingerprint density at radius 1 is 1.00 bits per heavy atom. The molecule has 0 amide bonds. The second-order valence-corrected chi connectivity index (χ2v) is 4.73. The highest BCUT2D eigenvalue weighted by molar-refractivity contribution is 6.02. The number of benzene rings is 2. The van der Waals surface area contributed by atoms with Crippen LogP contribution in [0.15, 0.2) is 60.7 Å². The van der Waals surface area contributed by atoms with Crippen molar-refractivity contribution < 1.29 is 19.4 Å². The Morgan fingerprint density at radius 2 is 1.59 bits per heavy atom. The van der Waals surface area contributed by atoms with Gasteiger partial charge in [-0.05, 0) is 30.7 Å². The predicted molar refractivity (Wildman–Crippen MR) is 83.8 cm³/mol. The van der Waals surface area contributed by atoms with Crippen LogP contribution in [0.4, 0.5) is 0 Å². The molecule has 0 bridgehead atoms. The maximum absolute atomic E-state index is 12.1. The molecule has 112 valence electrons. The summed E-state index contributed by atoms with van der Waals surface area (Å²) in [4.78, 5) is 23.2. The van der Waals surface area contributed by atoms with Gasteiger partial charge in [-0.3, -0.25) is 0 Å². The maximum Gasteiger partial charge on any atom is 0.339 e. The monoisotopic (exact) mass is 296 g/mol. The van der Waals surface area contributed by atoms with Gasteiger partial charge in [0.15, 0.2) is 0 Å². The van der Waals surface area contributed by atoms with Crippen LogP contribution in [0.2, 0.25) is 0 Å². The van der Waals surface area contributed by atoms with Gasteiger partial charge < -0.3 is 9.84 Å². The third-order valence-electron chi connectivity index (χ3n) is 3.03. The molecule has 2 aromatic rings. The van der Waals surface area contributed by atoms with Gasteiger partial charge in [0.05, 0.1) is 11.1 Å². The first-order chi connectivity index (χ1) is 10.6. The summed E-state index contributed by atoms with van der Waals surface area (Å²) in [5.41, 5.74) is 0.984. The molecule has 0 aromatic heterocycles. The van der Waals surface area contributed by atoms with Crippen LogP contribution in [0.1, 0.15) is 33.2 Å². The lowest BCUT2D eigenvalue weighted by molar-refractivity contribution is 0.0418. The van der Waals surface area contributed by atoms with Gasteiger partial charge in [0.25, 0.3) is 0 Å². The van der Waals surface area contributed by atoms with Crippen LogP contribution in [0, 0.1) is 0 Å². The standard InChI is InChI=1S/C18H16O4/c1-13(11-12-14-7-3-2-4-8-14)22-18(21)16-10-6-5-9-15(16)17(19)20/h2-13H,1H3,(H,19,20)/b12-11+/t13-/m0/s1. The Kier molecular flexibility index (Phi) is 5.09. The van der Waals surface area contributed by atoms with E-state index in [0.29, 0.717) is 0 Å². The fraction of sp³-hybridized carbons (Fsp3) is 0.111. The van der Waals surface area contributed by atoms with E-state index in [-0.39, 0.29) is 11.1 Å². The number of carbonyl (C=O) groups excluding carboxylic acids is 1. The summed E-state index contributed by atoms with van der Waals surface area (Å²) in [6.45, 7) is 1.72. The number of hydrogen-bond donors (Lipinski definition) is 1. The molecule has 0 aliphatic carbocycles. The molecule has 1 atom stereocenters. The Balaban J connectivity index is 2.06. The Bertz CT molecular complexity index is 689. The van der Waals surface area contributed by atoms with Gasteiger partial charge in [-0.15, -0.1) is 0 Å². The summed E-state index contributed by atoms with van der Waals surface area (Å²) >= 11 is 0. The normalized spacial score (nSPS) is 12.0. The number of carboxylic acid groups (broad SMARTS) is 1. The van der Waals surface area contributed by atoms with Crippen LogP contribution in [0.3, 0.4) is 0 Å². The first-order valence-corrected chi connectivity index (χ1v) is 6.84. The Labute approximate surface area is 128 Å². The highest BCUT2D eigenvalue weighted by Gasteiger charge is 2.18. The van der Waals surface area contributed by atoms with Crippen molar-refractivity contribution in [1.82, 2.24) is 0 Å². The van der Waals surface area contributed by atoms with Gasteiger partial charge in [-0.1, -0.05) is 48.5 Å². The molecule has 0 aliphatic heterocycles.